The van der Waals surface area contributed by atoms with E-state index < -0.39 is 11.4 Å². The first-order valence-electron chi connectivity index (χ1n) is 7.81. The van der Waals surface area contributed by atoms with Crippen molar-refractivity contribution >= 4 is 23.6 Å². The second kappa shape index (κ2) is 6.90. The summed E-state index contributed by atoms with van der Waals surface area (Å²) in [6, 6.07) is 0.231. The number of aliphatic carboxylic acids is 1. The number of likely N-dealkylation sites (tertiary alicyclic amines) is 1. The molecule has 0 bridgehead atoms. The minimum atomic E-state index is -0.821. The van der Waals surface area contributed by atoms with E-state index in [-0.39, 0.29) is 30.2 Å². The second-order valence-corrected chi connectivity index (χ2v) is 7.53. The Morgan fingerprint density at radius 1 is 1.39 bits per heavy atom. The summed E-state index contributed by atoms with van der Waals surface area (Å²) >= 11 is 1.34. The standard InChI is InChI=1S/C15H24N4O3S/c1-10(2)15(13(21)22)5-6-18(8-15)12(20)7-23-14-17-16-9-19(14)11(3)4/h9-11H,5-8H2,1-4H3,(H,21,22). The number of hydrogen-bond donors (Lipinski definition) is 1. The normalized spacial score (nSPS) is 21.4. The van der Waals surface area contributed by atoms with E-state index in [0.717, 1.165) is 0 Å². The lowest BCUT2D eigenvalue weighted by atomic mass is 9.76. The fourth-order valence-corrected chi connectivity index (χ4v) is 3.79. The van der Waals surface area contributed by atoms with E-state index in [0.29, 0.717) is 18.1 Å². The number of carbonyl (C=O) groups is 2. The lowest BCUT2D eigenvalue weighted by Gasteiger charge is -2.28. The van der Waals surface area contributed by atoms with Crippen molar-refractivity contribution in [3.63, 3.8) is 0 Å². The summed E-state index contributed by atoms with van der Waals surface area (Å²) in [5, 5.41) is 18.2. The summed E-state index contributed by atoms with van der Waals surface area (Å²) in [6.07, 6.45) is 2.17. The number of carbonyl (C=O) groups excluding carboxylic acids is 1. The van der Waals surface area contributed by atoms with Crippen molar-refractivity contribution in [1.82, 2.24) is 19.7 Å². The van der Waals surface area contributed by atoms with Crippen LogP contribution >= 0.6 is 11.8 Å². The Hall–Kier alpha value is -1.57. The van der Waals surface area contributed by atoms with Crippen LogP contribution < -0.4 is 0 Å². The van der Waals surface area contributed by atoms with Crippen LogP contribution in [0.15, 0.2) is 11.5 Å². The van der Waals surface area contributed by atoms with E-state index in [1.165, 1.54) is 11.8 Å². The van der Waals surface area contributed by atoms with Gasteiger partial charge in [0.05, 0.1) is 11.2 Å². The fourth-order valence-electron chi connectivity index (χ4n) is 2.85. The molecule has 1 aliphatic heterocycles. The topological polar surface area (TPSA) is 88.3 Å². The predicted octanol–water partition coefficient (Wildman–Crippen LogP) is 1.91. The Labute approximate surface area is 140 Å². The monoisotopic (exact) mass is 340 g/mol. The molecule has 1 atom stereocenters. The zero-order valence-corrected chi connectivity index (χ0v) is 14.8. The number of thioether (sulfide) groups is 1. The maximum absolute atomic E-state index is 12.4. The van der Waals surface area contributed by atoms with Crippen LogP contribution in [0.5, 0.6) is 0 Å². The Balaban J connectivity index is 1.97. The van der Waals surface area contributed by atoms with Crippen molar-refractivity contribution in [2.24, 2.45) is 11.3 Å². The first-order valence-corrected chi connectivity index (χ1v) is 8.80. The minimum absolute atomic E-state index is 0.00510. The molecular formula is C15H24N4O3S. The lowest BCUT2D eigenvalue weighted by molar-refractivity contribution is -0.151. The second-order valence-electron chi connectivity index (χ2n) is 6.58. The molecule has 1 amide bonds. The molecule has 7 nitrogen and oxygen atoms in total. The highest BCUT2D eigenvalue weighted by Crippen LogP contribution is 2.38. The van der Waals surface area contributed by atoms with Gasteiger partial charge in [0, 0.05) is 19.1 Å². The summed E-state index contributed by atoms with van der Waals surface area (Å²) in [6.45, 7) is 8.65. The van der Waals surface area contributed by atoms with Gasteiger partial charge in [-0.25, -0.2) is 0 Å². The summed E-state index contributed by atoms with van der Waals surface area (Å²) in [5.41, 5.74) is -0.821. The first-order chi connectivity index (χ1) is 10.8. The van der Waals surface area contributed by atoms with Crippen molar-refractivity contribution < 1.29 is 14.7 Å². The van der Waals surface area contributed by atoms with E-state index in [9.17, 15) is 14.7 Å². The van der Waals surface area contributed by atoms with Gasteiger partial charge in [-0.2, -0.15) is 0 Å². The third kappa shape index (κ3) is 3.52. The first kappa shape index (κ1) is 17.8. The Kier molecular flexibility index (Phi) is 5.33. The highest BCUT2D eigenvalue weighted by molar-refractivity contribution is 7.99. The molecule has 0 spiro atoms. The van der Waals surface area contributed by atoms with Crippen molar-refractivity contribution in [2.75, 3.05) is 18.8 Å². The third-order valence-corrected chi connectivity index (χ3v) is 5.55. The number of carboxylic acids is 1. The molecule has 23 heavy (non-hydrogen) atoms. The quantitative estimate of drug-likeness (QED) is 0.796. The van der Waals surface area contributed by atoms with Crippen LogP contribution in [0.1, 0.15) is 40.2 Å². The predicted molar refractivity (Wildman–Crippen MR) is 87.2 cm³/mol. The number of aromatic nitrogens is 3. The van der Waals surface area contributed by atoms with Gasteiger partial charge in [0.2, 0.25) is 5.91 Å². The molecule has 2 rings (SSSR count). The molecule has 1 fully saturated rings. The number of amides is 1. The molecule has 1 aromatic heterocycles. The van der Waals surface area contributed by atoms with Gasteiger partial charge < -0.3 is 14.6 Å². The van der Waals surface area contributed by atoms with Crippen molar-refractivity contribution in [3.05, 3.63) is 6.33 Å². The van der Waals surface area contributed by atoms with Gasteiger partial charge in [-0.3, -0.25) is 9.59 Å². The summed E-state index contributed by atoms with van der Waals surface area (Å²) in [7, 11) is 0. The molecule has 1 N–H and O–H groups in total. The molecule has 128 valence electrons. The minimum Gasteiger partial charge on any atom is -0.481 e. The lowest BCUT2D eigenvalue weighted by Crippen LogP contribution is -2.41. The van der Waals surface area contributed by atoms with Gasteiger partial charge >= 0.3 is 5.97 Å². The van der Waals surface area contributed by atoms with Crippen LogP contribution in [-0.2, 0) is 9.59 Å². The van der Waals surface area contributed by atoms with Crippen LogP contribution in [0, 0.1) is 11.3 Å². The van der Waals surface area contributed by atoms with Crippen LogP contribution in [0.4, 0.5) is 0 Å². The molecule has 8 heteroatoms. The molecule has 0 radical (unpaired) electrons. The molecule has 0 aromatic carbocycles. The van der Waals surface area contributed by atoms with Gasteiger partial charge in [0.15, 0.2) is 5.16 Å². The van der Waals surface area contributed by atoms with Gasteiger partial charge in [-0.05, 0) is 26.2 Å². The Morgan fingerprint density at radius 2 is 2.09 bits per heavy atom. The largest absolute Gasteiger partial charge is 0.481 e. The SMILES string of the molecule is CC(C)n1cnnc1SCC(=O)N1CCC(C(=O)O)(C(C)C)C1. The number of nitrogens with zero attached hydrogens (tertiary/aromatic N) is 4. The van der Waals surface area contributed by atoms with E-state index in [2.05, 4.69) is 10.2 Å². The van der Waals surface area contributed by atoms with Gasteiger partial charge in [0.25, 0.3) is 0 Å². The fraction of sp³-hybridized carbons (Fsp3) is 0.733. The van der Waals surface area contributed by atoms with Gasteiger partial charge in [-0.1, -0.05) is 25.6 Å². The molecule has 1 aliphatic rings. The third-order valence-electron chi connectivity index (χ3n) is 4.61. The molecule has 2 heterocycles. The van der Waals surface area contributed by atoms with E-state index >= 15 is 0 Å². The molecule has 0 aliphatic carbocycles. The van der Waals surface area contributed by atoms with Crippen LogP contribution in [0.25, 0.3) is 0 Å². The van der Waals surface area contributed by atoms with E-state index in [1.807, 2.05) is 32.3 Å². The van der Waals surface area contributed by atoms with Crippen LogP contribution in [0.2, 0.25) is 0 Å². The van der Waals surface area contributed by atoms with Crippen molar-refractivity contribution in [3.8, 4) is 0 Å². The number of rotatable bonds is 6. The number of carboxylic acid groups (broad SMARTS) is 1. The van der Waals surface area contributed by atoms with Crippen LogP contribution in [0.3, 0.4) is 0 Å². The molecule has 1 saturated heterocycles. The molecule has 0 saturated carbocycles. The Bertz CT molecular complexity index is 587. The average Bonchev–Trinajstić information content (AvgIpc) is 3.12. The summed E-state index contributed by atoms with van der Waals surface area (Å²) in [4.78, 5) is 25.7. The molecular weight excluding hydrogens is 316 g/mol. The maximum atomic E-state index is 12.4. The van der Waals surface area contributed by atoms with Gasteiger partial charge in [-0.15, -0.1) is 10.2 Å². The van der Waals surface area contributed by atoms with Gasteiger partial charge in [0.1, 0.15) is 6.33 Å². The van der Waals surface area contributed by atoms with E-state index in [4.69, 9.17) is 0 Å². The molecule has 1 aromatic rings. The zero-order chi connectivity index (χ0) is 17.2. The Morgan fingerprint density at radius 3 is 2.61 bits per heavy atom. The van der Waals surface area contributed by atoms with Crippen LogP contribution in [-0.4, -0.2) is 55.5 Å². The highest BCUT2D eigenvalue weighted by atomic mass is 32.2. The van der Waals surface area contributed by atoms with Crippen molar-refractivity contribution in [1.29, 1.82) is 0 Å². The van der Waals surface area contributed by atoms with E-state index in [1.54, 1.807) is 11.2 Å². The average molecular weight is 340 g/mol. The van der Waals surface area contributed by atoms with Crippen molar-refractivity contribution in [2.45, 2.75) is 45.3 Å². The zero-order valence-electron chi connectivity index (χ0n) is 14.0. The molecule has 1 unspecified atom stereocenters. The summed E-state index contributed by atoms with van der Waals surface area (Å²) in [5.74, 6) is -0.610. The maximum Gasteiger partial charge on any atom is 0.311 e. The summed E-state index contributed by atoms with van der Waals surface area (Å²) < 4.78 is 1.91. The highest BCUT2D eigenvalue weighted by Gasteiger charge is 2.48. The number of hydrogen-bond acceptors (Lipinski definition) is 5. The smallest absolute Gasteiger partial charge is 0.311 e.